The molecule has 0 fully saturated rings. The van der Waals surface area contributed by atoms with Gasteiger partial charge in [0.25, 0.3) is 5.91 Å². The van der Waals surface area contributed by atoms with Crippen LogP contribution in [0, 0.1) is 13.8 Å². The number of aromatic hydroxyl groups is 1. The number of aromatic nitrogens is 3. The molecule has 0 radical (unpaired) electrons. The number of nitrogens with zero attached hydrogens (tertiary/aromatic N) is 3. The highest BCUT2D eigenvalue weighted by molar-refractivity contribution is 6.06. The van der Waals surface area contributed by atoms with Crippen LogP contribution in [0.25, 0.3) is 0 Å². The summed E-state index contributed by atoms with van der Waals surface area (Å²) in [5.74, 6) is -0.332. The van der Waals surface area contributed by atoms with Gasteiger partial charge in [0, 0.05) is 18.4 Å². The minimum absolute atomic E-state index is 0.0582. The van der Waals surface area contributed by atoms with Crippen molar-refractivity contribution in [1.82, 2.24) is 14.8 Å². The van der Waals surface area contributed by atoms with E-state index in [2.05, 4.69) is 22.3 Å². The lowest BCUT2D eigenvalue weighted by molar-refractivity contribution is 0.102. The largest absolute Gasteiger partial charge is 0.504 e. The highest BCUT2D eigenvalue weighted by atomic mass is 16.3. The Bertz CT molecular complexity index is 634. The van der Waals surface area contributed by atoms with Crippen molar-refractivity contribution in [2.45, 2.75) is 33.7 Å². The summed E-state index contributed by atoms with van der Waals surface area (Å²) in [6, 6.07) is 1.55. The van der Waals surface area contributed by atoms with Crippen LogP contribution in [-0.4, -0.2) is 25.8 Å². The summed E-state index contributed by atoms with van der Waals surface area (Å²) in [5.41, 5.74) is 2.40. The van der Waals surface area contributed by atoms with E-state index in [0.29, 0.717) is 16.9 Å². The van der Waals surface area contributed by atoms with E-state index in [1.54, 1.807) is 13.0 Å². The molecule has 0 saturated carbocycles. The van der Waals surface area contributed by atoms with E-state index in [1.807, 2.05) is 11.6 Å². The average molecular weight is 274 g/mol. The SMILES string of the molecule is CCCn1nc(C)c(C(=O)Nc2ccncc2O)c1C. The number of aryl methyl sites for hydroxylation is 2. The molecule has 2 N–H and O–H groups in total. The molecule has 1 amide bonds. The van der Waals surface area contributed by atoms with Crippen LogP contribution in [0.4, 0.5) is 5.69 Å². The van der Waals surface area contributed by atoms with Crippen LogP contribution in [0.3, 0.4) is 0 Å². The molecule has 20 heavy (non-hydrogen) atoms. The fourth-order valence-corrected chi connectivity index (χ4v) is 2.13. The van der Waals surface area contributed by atoms with E-state index in [4.69, 9.17) is 0 Å². The topological polar surface area (TPSA) is 80.0 Å². The van der Waals surface area contributed by atoms with Gasteiger partial charge >= 0.3 is 0 Å². The maximum atomic E-state index is 12.3. The van der Waals surface area contributed by atoms with Gasteiger partial charge in [0.15, 0.2) is 5.75 Å². The number of hydrogen-bond acceptors (Lipinski definition) is 4. The van der Waals surface area contributed by atoms with Crippen LogP contribution in [0.5, 0.6) is 5.75 Å². The quantitative estimate of drug-likeness (QED) is 0.896. The van der Waals surface area contributed by atoms with Gasteiger partial charge in [-0.25, -0.2) is 0 Å². The summed E-state index contributed by atoms with van der Waals surface area (Å²) >= 11 is 0. The van der Waals surface area contributed by atoms with Crippen LogP contribution < -0.4 is 5.32 Å². The third-order valence-corrected chi connectivity index (χ3v) is 3.09. The molecule has 2 aromatic rings. The average Bonchev–Trinajstić information content (AvgIpc) is 2.68. The number of rotatable bonds is 4. The summed E-state index contributed by atoms with van der Waals surface area (Å²) in [5, 5.41) is 16.7. The molecule has 0 atom stereocenters. The number of anilines is 1. The molecular weight excluding hydrogens is 256 g/mol. The standard InChI is InChI=1S/C14H18N4O2/c1-4-7-18-10(3)13(9(2)17-18)14(20)16-11-5-6-15-8-12(11)19/h5-6,8,19H,4,7H2,1-3H3,(H,15,16,20). The number of carbonyl (C=O) groups excluding carboxylic acids is 1. The predicted octanol–water partition coefficient (Wildman–Crippen LogP) is 2.26. The molecule has 2 rings (SSSR count). The molecule has 106 valence electrons. The molecule has 0 unspecified atom stereocenters. The highest BCUT2D eigenvalue weighted by Gasteiger charge is 2.19. The zero-order valence-electron chi connectivity index (χ0n) is 11.8. The van der Waals surface area contributed by atoms with Gasteiger partial charge in [-0.05, 0) is 26.3 Å². The summed E-state index contributed by atoms with van der Waals surface area (Å²) < 4.78 is 1.83. The Labute approximate surface area is 117 Å². The van der Waals surface area contributed by atoms with Gasteiger partial charge in [-0.1, -0.05) is 6.92 Å². The predicted molar refractivity (Wildman–Crippen MR) is 75.8 cm³/mol. The van der Waals surface area contributed by atoms with Crippen LogP contribution in [0.15, 0.2) is 18.5 Å². The fraction of sp³-hybridized carbons (Fsp3) is 0.357. The monoisotopic (exact) mass is 274 g/mol. The van der Waals surface area contributed by atoms with Gasteiger partial charge in [0.1, 0.15) is 0 Å². The van der Waals surface area contributed by atoms with Gasteiger partial charge in [0.2, 0.25) is 0 Å². The summed E-state index contributed by atoms with van der Waals surface area (Å²) in [6.45, 7) is 6.52. The molecule has 0 aliphatic rings. The minimum Gasteiger partial charge on any atom is -0.504 e. The van der Waals surface area contributed by atoms with Crippen molar-refractivity contribution in [3.05, 3.63) is 35.4 Å². The van der Waals surface area contributed by atoms with E-state index >= 15 is 0 Å². The molecule has 2 heterocycles. The third kappa shape index (κ3) is 2.64. The maximum Gasteiger partial charge on any atom is 0.259 e. The molecule has 6 nitrogen and oxygen atoms in total. The summed E-state index contributed by atoms with van der Waals surface area (Å²) in [7, 11) is 0. The highest BCUT2D eigenvalue weighted by Crippen LogP contribution is 2.22. The lowest BCUT2D eigenvalue weighted by Gasteiger charge is -2.07. The maximum absolute atomic E-state index is 12.3. The van der Waals surface area contributed by atoms with Crippen molar-refractivity contribution in [1.29, 1.82) is 0 Å². The molecule has 6 heteroatoms. The molecular formula is C14H18N4O2. The van der Waals surface area contributed by atoms with Crippen LogP contribution in [0.1, 0.15) is 35.1 Å². The Morgan fingerprint density at radius 3 is 2.85 bits per heavy atom. The second kappa shape index (κ2) is 5.73. The van der Waals surface area contributed by atoms with Crippen LogP contribution in [0.2, 0.25) is 0 Å². The van der Waals surface area contributed by atoms with E-state index in [-0.39, 0.29) is 11.7 Å². The second-order valence-corrected chi connectivity index (χ2v) is 4.62. The van der Waals surface area contributed by atoms with Gasteiger partial charge in [-0.2, -0.15) is 5.10 Å². The molecule has 0 bridgehead atoms. The molecule has 0 aliphatic carbocycles. The van der Waals surface area contributed by atoms with Crippen molar-refractivity contribution in [2.24, 2.45) is 0 Å². The van der Waals surface area contributed by atoms with E-state index in [0.717, 1.165) is 18.7 Å². The van der Waals surface area contributed by atoms with Crippen LogP contribution >= 0.6 is 0 Å². The Balaban J connectivity index is 2.28. The number of hydrogen-bond donors (Lipinski definition) is 2. The van der Waals surface area contributed by atoms with Crippen molar-refractivity contribution in [2.75, 3.05) is 5.32 Å². The first-order valence-electron chi connectivity index (χ1n) is 6.53. The zero-order valence-corrected chi connectivity index (χ0v) is 11.8. The summed E-state index contributed by atoms with van der Waals surface area (Å²) in [4.78, 5) is 16.1. The van der Waals surface area contributed by atoms with Gasteiger partial charge < -0.3 is 10.4 Å². The Kier molecular flexibility index (Phi) is 4.02. The van der Waals surface area contributed by atoms with Gasteiger partial charge in [-0.15, -0.1) is 0 Å². The first kappa shape index (κ1) is 14.0. The number of nitrogens with one attached hydrogen (secondary N) is 1. The van der Waals surface area contributed by atoms with Crippen molar-refractivity contribution in [3.63, 3.8) is 0 Å². The zero-order chi connectivity index (χ0) is 14.7. The summed E-state index contributed by atoms with van der Waals surface area (Å²) in [6.07, 6.45) is 3.75. The van der Waals surface area contributed by atoms with Crippen molar-refractivity contribution < 1.29 is 9.90 Å². The smallest absolute Gasteiger partial charge is 0.259 e. The molecule has 2 aromatic heterocycles. The van der Waals surface area contributed by atoms with Gasteiger partial charge in [-0.3, -0.25) is 14.5 Å². The normalized spacial score (nSPS) is 10.6. The number of amides is 1. The fourth-order valence-electron chi connectivity index (χ4n) is 2.13. The van der Waals surface area contributed by atoms with Crippen LogP contribution in [-0.2, 0) is 6.54 Å². The Morgan fingerprint density at radius 2 is 2.20 bits per heavy atom. The lowest BCUT2D eigenvalue weighted by Crippen LogP contribution is -2.14. The van der Waals surface area contributed by atoms with E-state index < -0.39 is 0 Å². The molecule has 0 aliphatic heterocycles. The van der Waals surface area contributed by atoms with Crippen molar-refractivity contribution >= 4 is 11.6 Å². The Hall–Kier alpha value is -2.37. The first-order valence-corrected chi connectivity index (χ1v) is 6.53. The van der Waals surface area contributed by atoms with Crippen molar-refractivity contribution in [3.8, 4) is 5.75 Å². The van der Waals surface area contributed by atoms with E-state index in [9.17, 15) is 9.90 Å². The van der Waals surface area contributed by atoms with E-state index in [1.165, 1.54) is 12.4 Å². The second-order valence-electron chi connectivity index (χ2n) is 4.62. The Morgan fingerprint density at radius 1 is 1.45 bits per heavy atom. The molecule has 0 spiro atoms. The first-order chi connectivity index (χ1) is 9.54. The molecule has 0 aromatic carbocycles. The number of pyridine rings is 1. The lowest BCUT2D eigenvalue weighted by atomic mass is 10.2. The number of carbonyl (C=O) groups is 1. The van der Waals surface area contributed by atoms with Gasteiger partial charge in [0.05, 0.1) is 23.1 Å². The third-order valence-electron chi connectivity index (χ3n) is 3.09. The molecule has 0 saturated heterocycles. The minimum atomic E-state index is -0.274.